The first-order chi connectivity index (χ1) is 9.67. The normalized spacial score (nSPS) is 17.4. The van der Waals surface area contributed by atoms with Gasteiger partial charge < -0.3 is 10.1 Å². The third kappa shape index (κ3) is 3.32. The summed E-state index contributed by atoms with van der Waals surface area (Å²) in [6.07, 6.45) is 8.58. The molecule has 112 valence electrons. The molecule has 0 radical (unpaired) electrons. The SMILES string of the molecule is CNCC(Cc1ncc(C)c(OC)c1C)C1CCCC1. The molecule has 1 aliphatic carbocycles. The van der Waals surface area contributed by atoms with Crippen LogP contribution in [0.15, 0.2) is 6.20 Å². The van der Waals surface area contributed by atoms with Crippen LogP contribution in [0.2, 0.25) is 0 Å². The Morgan fingerprint density at radius 3 is 2.65 bits per heavy atom. The van der Waals surface area contributed by atoms with E-state index < -0.39 is 0 Å². The minimum absolute atomic E-state index is 0.695. The zero-order valence-corrected chi connectivity index (χ0v) is 13.3. The van der Waals surface area contributed by atoms with Gasteiger partial charge in [0.05, 0.1) is 7.11 Å². The molecule has 1 heterocycles. The number of nitrogens with zero attached hydrogens (tertiary/aromatic N) is 1. The summed E-state index contributed by atoms with van der Waals surface area (Å²) in [4.78, 5) is 4.67. The summed E-state index contributed by atoms with van der Waals surface area (Å²) in [6.45, 7) is 5.28. The summed E-state index contributed by atoms with van der Waals surface area (Å²) in [6, 6.07) is 0. The van der Waals surface area contributed by atoms with Gasteiger partial charge in [0.1, 0.15) is 5.75 Å². The minimum atomic E-state index is 0.695. The molecule has 1 aromatic rings. The average molecular weight is 276 g/mol. The molecule has 1 atom stereocenters. The smallest absolute Gasteiger partial charge is 0.128 e. The maximum Gasteiger partial charge on any atom is 0.128 e. The van der Waals surface area contributed by atoms with E-state index in [4.69, 9.17) is 4.74 Å². The second kappa shape index (κ2) is 7.07. The van der Waals surface area contributed by atoms with E-state index in [2.05, 4.69) is 31.2 Å². The molecule has 20 heavy (non-hydrogen) atoms. The van der Waals surface area contributed by atoms with E-state index in [1.54, 1.807) is 7.11 Å². The number of pyridine rings is 1. The first-order valence-corrected chi connectivity index (χ1v) is 7.81. The molecular weight excluding hydrogens is 248 g/mol. The van der Waals surface area contributed by atoms with Crippen molar-refractivity contribution >= 4 is 0 Å². The van der Waals surface area contributed by atoms with Crippen LogP contribution in [0.3, 0.4) is 0 Å². The van der Waals surface area contributed by atoms with Gasteiger partial charge in [0.15, 0.2) is 0 Å². The molecule has 1 aliphatic rings. The van der Waals surface area contributed by atoms with E-state index in [0.717, 1.165) is 30.2 Å². The van der Waals surface area contributed by atoms with Crippen LogP contribution >= 0.6 is 0 Å². The number of rotatable bonds is 6. The zero-order valence-electron chi connectivity index (χ0n) is 13.3. The van der Waals surface area contributed by atoms with Crippen molar-refractivity contribution in [2.75, 3.05) is 20.7 Å². The van der Waals surface area contributed by atoms with Crippen molar-refractivity contribution in [1.29, 1.82) is 0 Å². The number of methoxy groups -OCH3 is 1. The monoisotopic (exact) mass is 276 g/mol. The summed E-state index contributed by atoms with van der Waals surface area (Å²) in [5.74, 6) is 2.56. The van der Waals surface area contributed by atoms with Gasteiger partial charge in [0, 0.05) is 23.0 Å². The Labute approximate surface area is 123 Å². The maximum atomic E-state index is 5.53. The molecule has 1 unspecified atom stereocenters. The molecule has 0 amide bonds. The van der Waals surface area contributed by atoms with Crippen LogP contribution in [0.1, 0.15) is 42.5 Å². The highest BCUT2D eigenvalue weighted by atomic mass is 16.5. The van der Waals surface area contributed by atoms with Crippen molar-refractivity contribution in [2.45, 2.75) is 46.0 Å². The van der Waals surface area contributed by atoms with Crippen molar-refractivity contribution in [3.8, 4) is 5.75 Å². The van der Waals surface area contributed by atoms with Crippen molar-refractivity contribution in [3.63, 3.8) is 0 Å². The van der Waals surface area contributed by atoms with Crippen LogP contribution in [0.25, 0.3) is 0 Å². The molecular formula is C17H28N2O. The van der Waals surface area contributed by atoms with E-state index in [9.17, 15) is 0 Å². The largest absolute Gasteiger partial charge is 0.496 e. The molecule has 2 rings (SSSR count). The van der Waals surface area contributed by atoms with Crippen LogP contribution in [0.5, 0.6) is 5.75 Å². The molecule has 0 aromatic carbocycles. The Bertz CT molecular complexity index is 439. The first kappa shape index (κ1) is 15.3. The molecule has 3 nitrogen and oxygen atoms in total. The standard InChI is InChI=1S/C17H28N2O/c1-12-10-19-16(13(2)17(12)20-4)9-15(11-18-3)14-7-5-6-8-14/h10,14-15,18H,5-9,11H2,1-4H3. The quantitative estimate of drug-likeness (QED) is 0.866. The van der Waals surface area contributed by atoms with E-state index in [-0.39, 0.29) is 0 Å². The highest BCUT2D eigenvalue weighted by molar-refractivity contribution is 5.41. The highest BCUT2D eigenvalue weighted by Crippen LogP contribution is 2.34. The minimum Gasteiger partial charge on any atom is -0.496 e. The fraction of sp³-hybridized carbons (Fsp3) is 0.706. The number of ether oxygens (including phenoxy) is 1. The van der Waals surface area contributed by atoms with E-state index in [0.29, 0.717) is 5.92 Å². The highest BCUT2D eigenvalue weighted by Gasteiger charge is 2.26. The van der Waals surface area contributed by atoms with Crippen molar-refractivity contribution < 1.29 is 4.74 Å². The fourth-order valence-corrected chi connectivity index (χ4v) is 3.62. The fourth-order valence-electron chi connectivity index (χ4n) is 3.62. The summed E-state index contributed by atoms with van der Waals surface area (Å²) in [7, 11) is 3.80. The lowest BCUT2D eigenvalue weighted by molar-refractivity contribution is 0.324. The summed E-state index contributed by atoms with van der Waals surface area (Å²) in [5.41, 5.74) is 3.55. The van der Waals surface area contributed by atoms with E-state index >= 15 is 0 Å². The van der Waals surface area contributed by atoms with Gasteiger partial charge in [-0.25, -0.2) is 0 Å². The number of hydrogen-bond acceptors (Lipinski definition) is 3. The second-order valence-corrected chi connectivity index (χ2v) is 6.11. The van der Waals surface area contributed by atoms with Crippen LogP contribution in [0.4, 0.5) is 0 Å². The molecule has 1 fully saturated rings. The van der Waals surface area contributed by atoms with Gasteiger partial charge in [-0.2, -0.15) is 0 Å². The Kier molecular flexibility index (Phi) is 5.41. The molecule has 0 bridgehead atoms. The van der Waals surface area contributed by atoms with E-state index in [1.165, 1.54) is 36.9 Å². The van der Waals surface area contributed by atoms with Gasteiger partial charge in [0.25, 0.3) is 0 Å². The molecule has 1 saturated carbocycles. The second-order valence-electron chi connectivity index (χ2n) is 6.11. The lowest BCUT2D eigenvalue weighted by Gasteiger charge is -2.24. The van der Waals surface area contributed by atoms with Gasteiger partial charge >= 0.3 is 0 Å². The topological polar surface area (TPSA) is 34.2 Å². The number of hydrogen-bond donors (Lipinski definition) is 1. The van der Waals surface area contributed by atoms with Crippen molar-refractivity contribution in [1.82, 2.24) is 10.3 Å². The molecule has 0 aliphatic heterocycles. The van der Waals surface area contributed by atoms with Crippen LogP contribution < -0.4 is 10.1 Å². The van der Waals surface area contributed by atoms with Crippen molar-refractivity contribution in [2.24, 2.45) is 11.8 Å². The first-order valence-electron chi connectivity index (χ1n) is 7.81. The lowest BCUT2D eigenvalue weighted by Crippen LogP contribution is -2.27. The Hall–Kier alpha value is -1.09. The lowest BCUT2D eigenvalue weighted by atomic mass is 9.86. The van der Waals surface area contributed by atoms with Gasteiger partial charge in [-0.05, 0) is 45.7 Å². The van der Waals surface area contributed by atoms with Crippen molar-refractivity contribution in [3.05, 3.63) is 23.0 Å². The number of nitrogens with one attached hydrogen (secondary N) is 1. The average Bonchev–Trinajstić information content (AvgIpc) is 2.95. The predicted octanol–water partition coefficient (Wildman–Crippen LogP) is 3.28. The molecule has 3 heteroatoms. The molecule has 1 N–H and O–H groups in total. The maximum absolute atomic E-state index is 5.53. The molecule has 0 saturated heterocycles. The predicted molar refractivity (Wildman–Crippen MR) is 83.3 cm³/mol. The van der Waals surface area contributed by atoms with Gasteiger partial charge in [-0.1, -0.05) is 25.7 Å². The van der Waals surface area contributed by atoms with Gasteiger partial charge in [0.2, 0.25) is 0 Å². The zero-order chi connectivity index (χ0) is 14.5. The summed E-state index contributed by atoms with van der Waals surface area (Å²) < 4.78 is 5.53. The summed E-state index contributed by atoms with van der Waals surface area (Å²) >= 11 is 0. The van der Waals surface area contributed by atoms with Crippen LogP contribution in [0, 0.1) is 25.7 Å². The molecule has 0 spiro atoms. The molecule has 1 aromatic heterocycles. The Morgan fingerprint density at radius 1 is 1.35 bits per heavy atom. The number of aryl methyl sites for hydroxylation is 1. The summed E-state index contributed by atoms with van der Waals surface area (Å²) in [5, 5.41) is 3.37. The number of aromatic nitrogens is 1. The van der Waals surface area contributed by atoms with Gasteiger partial charge in [-0.15, -0.1) is 0 Å². The van der Waals surface area contributed by atoms with Crippen LogP contribution in [-0.2, 0) is 6.42 Å². The third-order valence-corrected chi connectivity index (χ3v) is 4.74. The van der Waals surface area contributed by atoms with E-state index in [1.807, 2.05) is 6.20 Å². The Balaban J connectivity index is 2.17. The van der Waals surface area contributed by atoms with Crippen LogP contribution in [-0.4, -0.2) is 25.7 Å². The van der Waals surface area contributed by atoms with Gasteiger partial charge in [-0.3, -0.25) is 4.98 Å². The third-order valence-electron chi connectivity index (χ3n) is 4.74. The Morgan fingerprint density at radius 2 is 2.05 bits per heavy atom.